The number of amides is 1. The molecule has 1 rings (SSSR count). The predicted octanol–water partition coefficient (Wildman–Crippen LogP) is 1.17. The second-order valence-corrected chi connectivity index (χ2v) is 6.08. The zero-order chi connectivity index (χ0) is 13.3. The summed E-state index contributed by atoms with van der Waals surface area (Å²) in [5.41, 5.74) is -0.474. The second-order valence-electron chi connectivity index (χ2n) is 6.08. The predicted molar refractivity (Wildman–Crippen MR) is 64.2 cm³/mol. The molecule has 0 aliphatic heterocycles. The Labute approximate surface area is 102 Å². The second kappa shape index (κ2) is 4.43. The number of tetrazole rings is 1. The molecule has 1 N–H and O–H groups in total. The Morgan fingerprint density at radius 2 is 1.71 bits per heavy atom. The SMILES string of the molecule is CC(C)(C)N(C(=O)Cc1nn[nH]n1)C(C)(C)C. The Hall–Kier alpha value is -1.46. The molecular weight excluding hydrogens is 218 g/mol. The minimum Gasteiger partial charge on any atom is -0.333 e. The number of carbonyl (C=O) groups is 1. The average Bonchev–Trinajstić information content (AvgIpc) is 2.49. The Bertz CT molecular complexity index is 358. The Balaban J connectivity index is 2.89. The molecule has 0 fully saturated rings. The van der Waals surface area contributed by atoms with E-state index in [1.165, 1.54) is 0 Å². The summed E-state index contributed by atoms with van der Waals surface area (Å²) in [4.78, 5) is 14.2. The summed E-state index contributed by atoms with van der Waals surface area (Å²) in [6.07, 6.45) is 0.172. The van der Waals surface area contributed by atoms with Gasteiger partial charge in [0, 0.05) is 11.1 Å². The van der Waals surface area contributed by atoms with Gasteiger partial charge in [-0.05, 0) is 41.5 Å². The number of aromatic nitrogens is 4. The highest BCUT2D eigenvalue weighted by molar-refractivity contribution is 5.79. The molecule has 1 aromatic heterocycles. The van der Waals surface area contributed by atoms with Crippen molar-refractivity contribution in [3.8, 4) is 0 Å². The van der Waals surface area contributed by atoms with Crippen molar-refractivity contribution in [1.82, 2.24) is 25.5 Å². The molecule has 1 heterocycles. The first-order chi connectivity index (χ1) is 7.62. The van der Waals surface area contributed by atoms with Crippen molar-refractivity contribution < 1.29 is 4.79 Å². The average molecular weight is 239 g/mol. The van der Waals surface area contributed by atoms with Crippen molar-refractivity contribution in [2.45, 2.75) is 59.0 Å². The first-order valence-electron chi connectivity index (χ1n) is 5.68. The highest BCUT2D eigenvalue weighted by Gasteiger charge is 2.35. The van der Waals surface area contributed by atoms with Gasteiger partial charge >= 0.3 is 0 Å². The fourth-order valence-corrected chi connectivity index (χ4v) is 2.23. The first kappa shape index (κ1) is 13.6. The van der Waals surface area contributed by atoms with Gasteiger partial charge in [0.25, 0.3) is 0 Å². The fourth-order valence-electron chi connectivity index (χ4n) is 2.23. The lowest BCUT2D eigenvalue weighted by molar-refractivity contribution is -0.142. The minimum atomic E-state index is -0.237. The number of carbonyl (C=O) groups excluding carboxylic acids is 1. The van der Waals surface area contributed by atoms with Crippen LogP contribution in [-0.2, 0) is 11.2 Å². The molecule has 0 spiro atoms. The number of hydrogen-bond donors (Lipinski definition) is 1. The van der Waals surface area contributed by atoms with E-state index in [9.17, 15) is 4.79 Å². The van der Waals surface area contributed by atoms with Crippen LogP contribution in [0.3, 0.4) is 0 Å². The smallest absolute Gasteiger partial charge is 0.231 e. The number of hydrogen-bond acceptors (Lipinski definition) is 4. The molecule has 0 radical (unpaired) electrons. The zero-order valence-electron chi connectivity index (χ0n) is 11.4. The number of aromatic amines is 1. The normalized spacial score (nSPS) is 12.6. The topological polar surface area (TPSA) is 74.8 Å². The largest absolute Gasteiger partial charge is 0.333 e. The summed E-state index contributed by atoms with van der Waals surface area (Å²) >= 11 is 0. The lowest BCUT2D eigenvalue weighted by Crippen LogP contribution is -2.56. The monoisotopic (exact) mass is 239 g/mol. The molecule has 0 aromatic carbocycles. The van der Waals surface area contributed by atoms with Gasteiger partial charge in [-0.2, -0.15) is 5.21 Å². The van der Waals surface area contributed by atoms with Gasteiger partial charge in [0.05, 0.1) is 6.42 Å². The maximum atomic E-state index is 12.3. The molecule has 0 saturated carbocycles. The molecule has 1 aromatic rings. The molecule has 6 heteroatoms. The van der Waals surface area contributed by atoms with E-state index in [1.807, 2.05) is 46.4 Å². The minimum absolute atomic E-state index is 0.00593. The van der Waals surface area contributed by atoms with Crippen molar-refractivity contribution in [3.05, 3.63) is 5.82 Å². The molecule has 0 unspecified atom stereocenters. The van der Waals surface area contributed by atoms with Crippen LogP contribution in [-0.4, -0.2) is 42.5 Å². The molecule has 0 aliphatic rings. The number of H-pyrrole nitrogens is 1. The van der Waals surface area contributed by atoms with Gasteiger partial charge in [-0.1, -0.05) is 5.21 Å². The fraction of sp³-hybridized carbons (Fsp3) is 0.818. The first-order valence-corrected chi connectivity index (χ1v) is 5.68. The zero-order valence-corrected chi connectivity index (χ0v) is 11.4. The summed E-state index contributed by atoms with van der Waals surface area (Å²) in [5, 5.41) is 13.4. The van der Waals surface area contributed by atoms with E-state index in [0.29, 0.717) is 5.82 Å². The van der Waals surface area contributed by atoms with E-state index in [0.717, 1.165) is 0 Å². The third kappa shape index (κ3) is 3.51. The lowest BCUT2D eigenvalue weighted by Gasteiger charge is -2.45. The van der Waals surface area contributed by atoms with Gasteiger partial charge in [-0.15, -0.1) is 10.2 Å². The van der Waals surface area contributed by atoms with Crippen LogP contribution in [0.4, 0.5) is 0 Å². The van der Waals surface area contributed by atoms with Crippen molar-refractivity contribution in [2.75, 3.05) is 0 Å². The van der Waals surface area contributed by atoms with Crippen molar-refractivity contribution in [1.29, 1.82) is 0 Å². The van der Waals surface area contributed by atoms with E-state index in [1.54, 1.807) is 0 Å². The Kier molecular flexibility index (Phi) is 3.54. The molecule has 0 aliphatic carbocycles. The quantitative estimate of drug-likeness (QED) is 0.840. The van der Waals surface area contributed by atoms with Crippen LogP contribution < -0.4 is 0 Å². The molecule has 0 bridgehead atoms. The summed E-state index contributed by atoms with van der Waals surface area (Å²) < 4.78 is 0. The van der Waals surface area contributed by atoms with Gasteiger partial charge in [-0.3, -0.25) is 4.79 Å². The number of nitrogens with zero attached hydrogens (tertiary/aromatic N) is 4. The van der Waals surface area contributed by atoms with Gasteiger partial charge in [0.15, 0.2) is 5.82 Å². The van der Waals surface area contributed by atoms with E-state index in [4.69, 9.17) is 0 Å². The summed E-state index contributed by atoms with van der Waals surface area (Å²) in [5.74, 6) is 0.430. The maximum Gasteiger partial charge on any atom is 0.231 e. The van der Waals surface area contributed by atoms with E-state index in [-0.39, 0.29) is 23.4 Å². The molecule has 0 saturated heterocycles. The molecule has 1 amide bonds. The van der Waals surface area contributed by atoms with Crippen LogP contribution in [0.1, 0.15) is 47.4 Å². The van der Waals surface area contributed by atoms with Crippen molar-refractivity contribution in [3.63, 3.8) is 0 Å². The maximum absolute atomic E-state index is 12.3. The highest BCUT2D eigenvalue weighted by Crippen LogP contribution is 2.25. The van der Waals surface area contributed by atoms with Crippen molar-refractivity contribution >= 4 is 5.91 Å². The van der Waals surface area contributed by atoms with Crippen LogP contribution >= 0.6 is 0 Å². The van der Waals surface area contributed by atoms with Gasteiger partial charge in [0.1, 0.15) is 0 Å². The molecule has 0 atom stereocenters. The van der Waals surface area contributed by atoms with Crippen LogP contribution in [0.2, 0.25) is 0 Å². The Morgan fingerprint density at radius 1 is 1.18 bits per heavy atom. The molecule has 17 heavy (non-hydrogen) atoms. The summed E-state index contributed by atoms with van der Waals surface area (Å²) in [7, 11) is 0. The van der Waals surface area contributed by atoms with Crippen molar-refractivity contribution in [2.24, 2.45) is 0 Å². The molecule has 96 valence electrons. The van der Waals surface area contributed by atoms with Gasteiger partial charge in [-0.25, -0.2) is 0 Å². The van der Waals surface area contributed by atoms with Crippen LogP contribution in [0.25, 0.3) is 0 Å². The standard InChI is InChI=1S/C11H21N5O/c1-10(2,3)16(11(4,5)6)9(17)7-8-12-14-15-13-8/h7H2,1-6H3,(H,12,13,14,15). The third-order valence-corrected chi connectivity index (χ3v) is 2.29. The highest BCUT2D eigenvalue weighted by atomic mass is 16.2. The molecule has 6 nitrogen and oxygen atoms in total. The molecular formula is C11H21N5O. The van der Waals surface area contributed by atoms with Crippen LogP contribution in [0, 0.1) is 0 Å². The number of rotatable bonds is 2. The lowest BCUT2D eigenvalue weighted by atomic mass is 9.95. The van der Waals surface area contributed by atoms with E-state index >= 15 is 0 Å². The van der Waals surface area contributed by atoms with Gasteiger partial charge < -0.3 is 4.90 Å². The van der Waals surface area contributed by atoms with Crippen LogP contribution in [0.5, 0.6) is 0 Å². The summed E-state index contributed by atoms with van der Waals surface area (Å²) in [6, 6.07) is 0. The Morgan fingerprint density at radius 3 is 2.06 bits per heavy atom. The number of nitrogens with one attached hydrogen (secondary N) is 1. The van der Waals surface area contributed by atoms with Crippen LogP contribution in [0.15, 0.2) is 0 Å². The van der Waals surface area contributed by atoms with E-state index in [2.05, 4.69) is 20.6 Å². The third-order valence-electron chi connectivity index (χ3n) is 2.29. The summed E-state index contributed by atoms with van der Waals surface area (Å²) in [6.45, 7) is 12.1. The van der Waals surface area contributed by atoms with E-state index < -0.39 is 0 Å². The van der Waals surface area contributed by atoms with Gasteiger partial charge in [0.2, 0.25) is 5.91 Å².